The minimum absolute atomic E-state index is 0.00471. The average Bonchev–Trinajstić information content (AvgIpc) is 3.44. The molecule has 0 saturated carbocycles. The van der Waals surface area contributed by atoms with Crippen LogP contribution in [0.15, 0.2) is 54.9 Å². The Hall–Kier alpha value is -3.16. The molecule has 0 spiro atoms. The van der Waals surface area contributed by atoms with E-state index in [2.05, 4.69) is 5.10 Å². The lowest BCUT2D eigenvalue weighted by Crippen LogP contribution is -2.34. The van der Waals surface area contributed by atoms with Gasteiger partial charge < -0.3 is 20.1 Å². The van der Waals surface area contributed by atoms with Crippen LogP contribution in [0.1, 0.15) is 53.1 Å². The molecule has 2 atom stereocenters. The SMILES string of the molecule is COc1cccc(C(N)N2Cc3ccc(-c4cnn(C5CCCCO5)c4)cc3C2=O)c1. The molecule has 7 nitrogen and oxygen atoms in total. The molecule has 5 rings (SSSR count). The van der Waals surface area contributed by atoms with E-state index in [1.54, 1.807) is 12.0 Å². The summed E-state index contributed by atoms with van der Waals surface area (Å²) in [4.78, 5) is 14.9. The summed E-state index contributed by atoms with van der Waals surface area (Å²) in [6, 6.07) is 13.5. The number of nitrogens with zero attached hydrogens (tertiary/aromatic N) is 3. The van der Waals surface area contributed by atoms with E-state index in [9.17, 15) is 4.79 Å². The van der Waals surface area contributed by atoms with Crippen LogP contribution < -0.4 is 10.5 Å². The average molecular weight is 418 g/mol. The molecule has 1 fully saturated rings. The van der Waals surface area contributed by atoms with Crippen LogP contribution in [0.5, 0.6) is 5.75 Å². The van der Waals surface area contributed by atoms with E-state index in [-0.39, 0.29) is 12.1 Å². The van der Waals surface area contributed by atoms with Gasteiger partial charge in [0, 0.05) is 30.5 Å². The van der Waals surface area contributed by atoms with E-state index >= 15 is 0 Å². The molecule has 2 N–H and O–H groups in total. The van der Waals surface area contributed by atoms with Gasteiger partial charge in [0.15, 0.2) is 0 Å². The minimum atomic E-state index is -0.537. The normalized spacial score (nSPS) is 19.4. The molecule has 2 aliphatic heterocycles. The van der Waals surface area contributed by atoms with Gasteiger partial charge in [-0.05, 0) is 54.2 Å². The van der Waals surface area contributed by atoms with Crippen LogP contribution in [-0.2, 0) is 11.3 Å². The van der Waals surface area contributed by atoms with E-state index in [0.29, 0.717) is 12.1 Å². The second-order valence-electron chi connectivity index (χ2n) is 8.06. The summed E-state index contributed by atoms with van der Waals surface area (Å²) in [6.45, 7) is 1.26. The van der Waals surface area contributed by atoms with Crippen LogP contribution in [0.2, 0.25) is 0 Å². The van der Waals surface area contributed by atoms with Gasteiger partial charge in [0.1, 0.15) is 18.1 Å². The Kier molecular flexibility index (Phi) is 5.21. The first-order valence-corrected chi connectivity index (χ1v) is 10.6. The lowest BCUT2D eigenvalue weighted by Gasteiger charge is -2.24. The quantitative estimate of drug-likeness (QED) is 0.680. The first-order chi connectivity index (χ1) is 15.1. The number of nitrogens with two attached hydrogens (primary N) is 1. The third-order valence-electron chi connectivity index (χ3n) is 6.10. The second kappa shape index (κ2) is 8.17. The van der Waals surface area contributed by atoms with E-state index in [0.717, 1.165) is 53.9 Å². The number of benzene rings is 2. The summed E-state index contributed by atoms with van der Waals surface area (Å²) in [7, 11) is 1.62. The third-order valence-corrected chi connectivity index (χ3v) is 6.10. The molecule has 0 radical (unpaired) electrons. The maximum absolute atomic E-state index is 13.2. The molecule has 31 heavy (non-hydrogen) atoms. The van der Waals surface area contributed by atoms with Crippen molar-refractivity contribution in [1.29, 1.82) is 0 Å². The zero-order chi connectivity index (χ0) is 21.4. The standard InChI is InChI=1S/C24H26N4O3/c1-30-20-6-4-5-17(11-20)23(25)27-14-18-9-8-16(12-21(18)24(27)29)19-13-26-28(15-19)22-7-2-3-10-31-22/h4-6,8-9,11-13,15,22-23H,2-3,7,10,14,25H2,1H3. The van der Waals surface area contributed by atoms with Gasteiger partial charge >= 0.3 is 0 Å². The highest BCUT2D eigenvalue weighted by molar-refractivity contribution is 5.99. The van der Waals surface area contributed by atoms with Gasteiger partial charge in [-0.25, -0.2) is 4.68 Å². The predicted molar refractivity (Wildman–Crippen MR) is 116 cm³/mol. The van der Waals surface area contributed by atoms with Gasteiger partial charge in [0.2, 0.25) is 0 Å². The number of rotatable bonds is 5. The Morgan fingerprint density at radius 2 is 2.10 bits per heavy atom. The van der Waals surface area contributed by atoms with Gasteiger partial charge in [-0.15, -0.1) is 0 Å². The van der Waals surface area contributed by atoms with Crippen LogP contribution in [-0.4, -0.2) is 34.3 Å². The smallest absolute Gasteiger partial charge is 0.256 e. The van der Waals surface area contributed by atoms with E-state index in [1.807, 2.05) is 59.5 Å². The van der Waals surface area contributed by atoms with E-state index in [1.165, 1.54) is 0 Å². The number of carbonyl (C=O) groups excluding carboxylic acids is 1. The summed E-state index contributed by atoms with van der Waals surface area (Å²) >= 11 is 0. The summed E-state index contributed by atoms with van der Waals surface area (Å²) in [5.74, 6) is 0.661. The monoisotopic (exact) mass is 418 g/mol. The maximum Gasteiger partial charge on any atom is 0.256 e. The van der Waals surface area contributed by atoms with Gasteiger partial charge in [-0.1, -0.05) is 24.3 Å². The highest BCUT2D eigenvalue weighted by Crippen LogP contribution is 2.33. The molecule has 2 aromatic carbocycles. The summed E-state index contributed by atoms with van der Waals surface area (Å²) in [6.07, 6.45) is 6.51. The molecule has 1 saturated heterocycles. The van der Waals surface area contributed by atoms with E-state index in [4.69, 9.17) is 15.2 Å². The molecule has 3 heterocycles. The van der Waals surface area contributed by atoms with Crippen molar-refractivity contribution in [2.45, 2.75) is 38.2 Å². The molecule has 2 aliphatic rings. The molecular weight excluding hydrogens is 392 g/mol. The molecule has 7 heteroatoms. The predicted octanol–water partition coefficient (Wildman–Crippen LogP) is 3.87. The molecular formula is C24H26N4O3. The molecule has 0 aliphatic carbocycles. The maximum atomic E-state index is 13.2. The fraction of sp³-hybridized carbons (Fsp3) is 0.333. The third kappa shape index (κ3) is 3.71. The number of carbonyl (C=O) groups is 1. The van der Waals surface area contributed by atoms with Crippen LogP contribution >= 0.6 is 0 Å². The van der Waals surface area contributed by atoms with Gasteiger partial charge in [-0.3, -0.25) is 4.79 Å². The Morgan fingerprint density at radius 1 is 1.19 bits per heavy atom. The van der Waals surface area contributed by atoms with Gasteiger partial charge in [-0.2, -0.15) is 5.10 Å². The Morgan fingerprint density at radius 3 is 2.90 bits per heavy atom. The summed E-state index contributed by atoms with van der Waals surface area (Å²) < 4.78 is 13.0. The first kappa shape index (κ1) is 19.8. The Balaban J connectivity index is 1.37. The van der Waals surface area contributed by atoms with Crippen molar-refractivity contribution in [1.82, 2.24) is 14.7 Å². The lowest BCUT2D eigenvalue weighted by molar-refractivity contribution is -0.0394. The number of hydrogen-bond acceptors (Lipinski definition) is 5. The number of amides is 1. The molecule has 160 valence electrons. The topological polar surface area (TPSA) is 82.6 Å². The fourth-order valence-corrected chi connectivity index (χ4v) is 4.31. The number of aromatic nitrogens is 2. The van der Waals surface area contributed by atoms with Gasteiger partial charge in [0.05, 0.1) is 13.3 Å². The summed E-state index contributed by atoms with van der Waals surface area (Å²) in [5, 5.41) is 4.49. The number of ether oxygens (including phenoxy) is 2. The van der Waals surface area contributed by atoms with Crippen LogP contribution in [0, 0.1) is 0 Å². The van der Waals surface area contributed by atoms with Crippen LogP contribution in [0.4, 0.5) is 0 Å². The van der Waals surface area contributed by atoms with Crippen molar-refractivity contribution in [2.75, 3.05) is 13.7 Å². The van der Waals surface area contributed by atoms with Crippen molar-refractivity contribution in [2.24, 2.45) is 5.73 Å². The van der Waals surface area contributed by atoms with E-state index < -0.39 is 6.17 Å². The van der Waals surface area contributed by atoms with Crippen molar-refractivity contribution in [3.8, 4) is 16.9 Å². The highest BCUT2D eigenvalue weighted by atomic mass is 16.5. The van der Waals surface area contributed by atoms with Gasteiger partial charge in [0.25, 0.3) is 5.91 Å². The first-order valence-electron chi connectivity index (χ1n) is 10.6. The molecule has 3 aromatic rings. The summed E-state index contributed by atoms with van der Waals surface area (Å²) in [5.41, 5.74) is 10.9. The minimum Gasteiger partial charge on any atom is -0.497 e. The lowest BCUT2D eigenvalue weighted by atomic mass is 10.0. The molecule has 0 bridgehead atoms. The van der Waals surface area contributed by atoms with Crippen molar-refractivity contribution in [3.63, 3.8) is 0 Å². The zero-order valence-electron chi connectivity index (χ0n) is 17.5. The molecule has 1 aromatic heterocycles. The van der Waals surface area contributed by atoms with Crippen LogP contribution in [0.25, 0.3) is 11.1 Å². The van der Waals surface area contributed by atoms with Crippen molar-refractivity contribution >= 4 is 5.91 Å². The van der Waals surface area contributed by atoms with Crippen molar-refractivity contribution in [3.05, 3.63) is 71.5 Å². The molecule has 1 amide bonds. The zero-order valence-corrected chi connectivity index (χ0v) is 17.5. The largest absolute Gasteiger partial charge is 0.497 e. The van der Waals surface area contributed by atoms with Crippen molar-refractivity contribution < 1.29 is 14.3 Å². The van der Waals surface area contributed by atoms with Crippen LogP contribution in [0.3, 0.4) is 0 Å². The number of fused-ring (bicyclic) bond motifs is 1. The number of hydrogen-bond donors (Lipinski definition) is 1. The number of methoxy groups -OCH3 is 1. The Bertz CT molecular complexity index is 1100. The highest BCUT2D eigenvalue weighted by Gasteiger charge is 2.32. The fourth-order valence-electron chi connectivity index (χ4n) is 4.31. The Labute approximate surface area is 181 Å². The molecule has 2 unspecified atom stereocenters. The second-order valence-corrected chi connectivity index (χ2v) is 8.06.